The molecule has 8 nitrogen and oxygen atoms in total. The van der Waals surface area contributed by atoms with E-state index in [2.05, 4.69) is 22.5 Å². The second-order valence-electron chi connectivity index (χ2n) is 9.16. The molecule has 3 aromatic carbocycles. The number of nitrogens with zero attached hydrogens (tertiary/aromatic N) is 3. The van der Waals surface area contributed by atoms with E-state index in [1.807, 2.05) is 53.1 Å². The number of carboxylic acid groups (broad SMARTS) is 1. The van der Waals surface area contributed by atoms with Gasteiger partial charge in [0.2, 0.25) is 5.88 Å². The Morgan fingerprint density at radius 1 is 0.974 bits per heavy atom. The standard InChI is InChI=1S/C30H32N4O4S/c1-2-3-4-8-18-34-26-16-15-24(39-19-17-21-11-13-22(14-12-21)29(36)37)20-25(26)27(28(34)35)32-33-30(38)31-23-9-6-5-7-10-23/h5-7,9-16,20,35H,2-4,8,17-19H2,1H3,(H,31,38)(H,36,37). The number of thioether (sulfide) groups is 1. The average Bonchev–Trinajstić information content (AvgIpc) is 3.20. The number of amides is 2. The highest BCUT2D eigenvalue weighted by molar-refractivity contribution is 7.99. The lowest BCUT2D eigenvalue weighted by Gasteiger charge is -2.07. The monoisotopic (exact) mass is 544 g/mol. The van der Waals surface area contributed by atoms with Gasteiger partial charge in [0.05, 0.1) is 11.1 Å². The van der Waals surface area contributed by atoms with Crippen molar-refractivity contribution >= 4 is 46.0 Å². The Balaban J connectivity index is 1.53. The second-order valence-corrected chi connectivity index (χ2v) is 10.3. The molecule has 0 aliphatic carbocycles. The normalized spacial score (nSPS) is 11.3. The van der Waals surface area contributed by atoms with E-state index in [0.717, 1.165) is 59.2 Å². The SMILES string of the molecule is CCCCCCn1c(O)c(N=NC(=O)Nc2ccccc2)c2cc(SCCc3ccc(C(=O)O)cc3)ccc21. The van der Waals surface area contributed by atoms with Gasteiger partial charge < -0.3 is 20.1 Å². The number of anilines is 1. The number of aromatic hydroxyl groups is 1. The highest BCUT2D eigenvalue weighted by atomic mass is 32.2. The zero-order chi connectivity index (χ0) is 27.6. The smallest absolute Gasteiger partial charge is 0.364 e. The molecule has 0 radical (unpaired) electrons. The van der Waals surface area contributed by atoms with Gasteiger partial charge >= 0.3 is 12.0 Å². The van der Waals surface area contributed by atoms with Gasteiger partial charge in [-0.1, -0.05) is 61.6 Å². The first-order valence-electron chi connectivity index (χ1n) is 13.0. The first-order chi connectivity index (χ1) is 19.0. The van der Waals surface area contributed by atoms with E-state index in [9.17, 15) is 14.7 Å². The molecular formula is C30H32N4O4S. The summed E-state index contributed by atoms with van der Waals surface area (Å²) in [6, 6.07) is 21.3. The fraction of sp³-hybridized carbons (Fsp3) is 0.267. The number of rotatable bonds is 12. The lowest BCUT2D eigenvalue weighted by atomic mass is 10.1. The summed E-state index contributed by atoms with van der Waals surface area (Å²) in [5.74, 6) is -0.147. The van der Waals surface area contributed by atoms with E-state index < -0.39 is 12.0 Å². The number of para-hydroxylation sites is 1. The number of carbonyl (C=O) groups is 2. The summed E-state index contributed by atoms with van der Waals surface area (Å²) in [5, 5.41) is 31.6. The molecule has 0 aliphatic heterocycles. The third-order valence-electron chi connectivity index (χ3n) is 6.34. The van der Waals surface area contributed by atoms with Crippen LogP contribution in [0, 0.1) is 0 Å². The van der Waals surface area contributed by atoms with Crippen molar-refractivity contribution in [2.45, 2.75) is 50.5 Å². The number of aromatic carboxylic acids is 1. The number of unbranched alkanes of at least 4 members (excludes halogenated alkanes) is 3. The number of carbonyl (C=O) groups excluding carboxylic acids is 1. The molecule has 0 spiro atoms. The predicted octanol–water partition coefficient (Wildman–Crippen LogP) is 8.28. The number of urea groups is 1. The topological polar surface area (TPSA) is 116 Å². The van der Waals surface area contributed by atoms with Gasteiger partial charge in [-0.15, -0.1) is 16.9 Å². The van der Waals surface area contributed by atoms with E-state index in [-0.39, 0.29) is 17.1 Å². The fourth-order valence-corrected chi connectivity index (χ4v) is 5.22. The molecular weight excluding hydrogens is 512 g/mol. The van der Waals surface area contributed by atoms with Crippen LogP contribution in [0.4, 0.5) is 16.2 Å². The number of benzene rings is 3. The molecule has 3 N–H and O–H groups in total. The highest BCUT2D eigenvalue weighted by Crippen LogP contribution is 2.41. The maximum atomic E-state index is 12.4. The summed E-state index contributed by atoms with van der Waals surface area (Å²) in [6.07, 6.45) is 5.02. The summed E-state index contributed by atoms with van der Waals surface area (Å²) in [4.78, 5) is 24.5. The molecule has 0 fully saturated rings. The maximum absolute atomic E-state index is 12.4. The molecule has 0 saturated carbocycles. The number of fused-ring (bicyclic) bond motifs is 1. The van der Waals surface area contributed by atoms with Gasteiger partial charge in [0.25, 0.3) is 0 Å². The Bertz CT molecular complexity index is 1450. The van der Waals surface area contributed by atoms with Crippen molar-refractivity contribution in [3.8, 4) is 5.88 Å². The third-order valence-corrected chi connectivity index (χ3v) is 7.34. The van der Waals surface area contributed by atoms with E-state index in [1.165, 1.54) is 0 Å². The van der Waals surface area contributed by atoms with Crippen LogP contribution in [0.5, 0.6) is 5.88 Å². The van der Waals surface area contributed by atoms with Crippen molar-refractivity contribution in [3.63, 3.8) is 0 Å². The minimum absolute atomic E-state index is 0.00145. The van der Waals surface area contributed by atoms with Gasteiger partial charge in [0.15, 0.2) is 5.69 Å². The molecule has 1 aromatic heterocycles. The summed E-state index contributed by atoms with van der Waals surface area (Å²) in [5.41, 5.74) is 3.06. The van der Waals surface area contributed by atoms with Crippen LogP contribution in [0.1, 0.15) is 48.5 Å². The average molecular weight is 545 g/mol. The number of hydrogen-bond acceptors (Lipinski definition) is 5. The molecule has 0 unspecified atom stereocenters. The van der Waals surface area contributed by atoms with E-state index in [4.69, 9.17) is 5.11 Å². The fourth-order valence-electron chi connectivity index (χ4n) is 4.28. The number of aromatic nitrogens is 1. The van der Waals surface area contributed by atoms with Crippen LogP contribution < -0.4 is 5.32 Å². The van der Waals surface area contributed by atoms with Crippen LogP contribution in [0.3, 0.4) is 0 Å². The Morgan fingerprint density at radius 3 is 2.46 bits per heavy atom. The van der Waals surface area contributed by atoms with E-state index >= 15 is 0 Å². The number of aryl methyl sites for hydroxylation is 2. The van der Waals surface area contributed by atoms with Crippen LogP contribution in [0.25, 0.3) is 10.9 Å². The maximum Gasteiger partial charge on any atom is 0.364 e. The molecule has 0 atom stereocenters. The van der Waals surface area contributed by atoms with Gasteiger partial charge in [-0.3, -0.25) is 0 Å². The summed E-state index contributed by atoms with van der Waals surface area (Å²) >= 11 is 1.66. The van der Waals surface area contributed by atoms with Crippen LogP contribution >= 0.6 is 11.8 Å². The third kappa shape index (κ3) is 7.48. The number of nitrogens with one attached hydrogen (secondary N) is 1. The Morgan fingerprint density at radius 2 is 1.74 bits per heavy atom. The Labute approximate surface area is 231 Å². The largest absolute Gasteiger partial charge is 0.493 e. The number of hydrogen-bond donors (Lipinski definition) is 3. The number of carboxylic acids is 1. The van der Waals surface area contributed by atoms with Crippen LogP contribution in [-0.4, -0.2) is 32.5 Å². The van der Waals surface area contributed by atoms with Gasteiger partial charge in [0.1, 0.15) is 0 Å². The molecule has 2 amide bonds. The van der Waals surface area contributed by atoms with Crippen LogP contribution in [-0.2, 0) is 13.0 Å². The minimum Gasteiger partial charge on any atom is -0.493 e. The van der Waals surface area contributed by atoms with Crippen LogP contribution in [0.2, 0.25) is 0 Å². The molecule has 0 aliphatic rings. The summed E-state index contributed by atoms with van der Waals surface area (Å²) in [6.45, 7) is 2.80. The van der Waals surface area contributed by atoms with Gasteiger partial charge in [-0.2, -0.15) is 0 Å². The van der Waals surface area contributed by atoms with Crippen molar-refractivity contribution in [1.82, 2.24) is 4.57 Å². The number of azo groups is 1. The van der Waals surface area contributed by atoms with E-state index in [0.29, 0.717) is 12.2 Å². The van der Waals surface area contributed by atoms with Gasteiger partial charge in [-0.05, 0) is 60.9 Å². The highest BCUT2D eigenvalue weighted by Gasteiger charge is 2.18. The summed E-state index contributed by atoms with van der Waals surface area (Å²) in [7, 11) is 0. The molecule has 0 saturated heterocycles. The van der Waals surface area contributed by atoms with Crippen molar-refractivity contribution < 1.29 is 19.8 Å². The van der Waals surface area contributed by atoms with Crippen LogP contribution in [0.15, 0.2) is 87.9 Å². The Hall–Kier alpha value is -4.11. The minimum atomic E-state index is -0.935. The lowest BCUT2D eigenvalue weighted by Crippen LogP contribution is -2.04. The van der Waals surface area contributed by atoms with Crippen molar-refractivity contribution in [3.05, 3.63) is 83.9 Å². The quantitative estimate of drug-likeness (QED) is 0.0942. The van der Waals surface area contributed by atoms with E-state index in [1.54, 1.807) is 36.0 Å². The first kappa shape index (κ1) is 27.9. The zero-order valence-corrected chi connectivity index (χ0v) is 22.7. The Kier molecular flexibility index (Phi) is 9.74. The molecule has 202 valence electrons. The molecule has 0 bridgehead atoms. The first-order valence-corrected chi connectivity index (χ1v) is 14.0. The lowest BCUT2D eigenvalue weighted by molar-refractivity contribution is 0.0697. The molecule has 4 rings (SSSR count). The molecule has 39 heavy (non-hydrogen) atoms. The summed E-state index contributed by atoms with van der Waals surface area (Å²) < 4.78 is 1.84. The second kappa shape index (κ2) is 13.6. The predicted molar refractivity (Wildman–Crippen MR) is 156 cm³/mol. The van der Waals surface area contributed by atoms with Gasteiger partial charge in [-0.25, -0.2) is 9.59 Å². The molecule has 9 heteroatoms. The zero-order valence-electron chi connectivity index (χ0n) is 21.8. The van der Waals surface area contributed by atoms with Crippen molar-refractivity contribution in [1.29, 1.82) is 0 Å². The van der Waals surface area contributed by atoms with Crippen molar-refractivity contribution in [2.75, 3.05) is 11.1 Å². The molecule has 4 aromatic rings. The molecule has 1 heterocycles. The van der Waals surface area contributed by atoms with Crippen molar-refractivity contribution in [2.24, 2.45) is 10.2 Å². The van der Waals surface area contributed by atoms with Gasteiger partial charge in [0, 0.05) is 28.3 Å².